The molecule has 0 radical (unpaired) electrons. The van der Waals surface area contributed by atoms with E-state index in [1.165, 1.54) is 10.4 Å². The van der Waals surface area contributed by atoms with Crippen molar-refractivity contribution < 1.29 is 14.3 Å². The van der Waals surface area contributed by atoms with Gasteiger partial charge in [0.05, 0.1) is 5.60 Å². The number of pyridine rings is 1. The third kappa shape index (κ3) is 5.17. The fourth-order valence-electron chi connectivity index (χ4n) is 4.70. The summed E-state index contributed by atoms with van der Waals surface area (Å²) in [6.07, 6.45) is 3.81. The summed E-state index contributed by atoms with van der Waals surface area (Å²) in [5.41, 5.74) is 2.97. The molecule has 35 heavy (non-hydrogen) atoms. The van der Waals surface area contributed by atoms with Gasteiger partial charge in [0.15, 0.2) is 5.76 Å². The van der Waals surface area contributed by atoms with E-state index in [4.69, 9.17) is 4.42 Å². The summed E-state index contributed by atoms with van der Waals surface area (Å²) < 4.78 is 5.87. The van der Waals surface area contributed by atoms with Crippen LogP contribution in [0.3, 0.4) is 0 Å². The van der Waals surface area contributed by atoms with Gasteiger partial charge in [0.2, 0.25) is 0 Å². The fraction of sp³-hybridized carbons (Fsp3) is 0.357. The molecule has 1 fully saturated rings. The maximum Gasteiger partial charge on any atom is 0.289 e. The summed E-state index contributed by atoms with van der Waals surface area (Å²) in [6.45, 7) is 5.35. The first-order valence-corrected chi connectivity index (χ1v) is 13.0. The maximum atomic E-state index is 12.9. The minimum atomic E-state index is -0.865. The first-order valence-electron chi connectivity index (χ1n) is 12.1. The Hall–Kier alpha value is -3.00. The van der Waals surface area contributed by atoms with Crippen LogP contribution in [0.1, 0.15) is 45.1 Å². The zero-order chi connectivity index (χ0) is 24.4. The van der Waals surface area contributed by atoms with Crippen LogP contribution in [0.15, 0.2) is 64.5 Å². The molecule has 7 heteroatoms. The lowest BCUT2D eigenvalue weighted by Crippen LogP contribution is -2.42. The minimum Gasteiger partial charge on any atom is -0.451 e. The minimum absolute atomic E-state index is 0.158. The number of carbonyl (C=O) groups is 1. The van der Waals surface area contributed by atoms with Crippen LogP contribution in [0, 0.1) is 6.92 Å². The van der Waals surface area contributed by atoms with Crippen molar-refractivity contribution in [3.05, 3.63) is 87.6 Å². The van der Waals surface area contributed by atoms with Gasteiger partial charge in [-0.3, -0.25) is 14.7 Å². The second kappa shape index (κ2) is 9.93. The number of hydrogen-bond donors (Lipinski definition) is 1. The van der Waals surface area contributed by atoms with E-state index in [1.54, 1.807) is 35.5 Å². The molecule has 1 aromatic carbocycles. The molecule has 5 rings (SSSR count). The van der Waals surface area contributed by atoms with Crippen LogP contribution in [0.5, 0.6) is 0 Å². The van der Waals surface area contributed by atoms with Gasteiger partial charge < -0.3 is 14.4 Å². The quantitative estimate of drug-likeness (QED) is 0.396. The molecule has 1 aliphatic rings. The highest BCUT2D eigenvalue weighted by Crippen LogP contribution is 2.36. The van der Waals surface area contributed by atoms with E-state index in [-0.39, 0.29) is 5.91 Å². The number of likely N-dealkylation sites (tertiary alicyclic amines) is 1. The van der Waals surface area contributed by atoms with Crippen molar-refractivity contribution in [3.63, 3.8) is 0 Å². The lowest BCUT2D eigenvalue weighted by atomic mass is 9.84. The number of thiophene rings is 1. The lowest BCUT2D eigenvalue weighted by Gasteiger charge is -2.38. The van der Waals surface area contributed by atoms with Crippen molar-refractivity contribution in [2.24, 2.45) is 0 Å². The molecule has 0 unspecified atom stereocenters. The van der Waals surface area contributed by atoms with E-state index < -0.39 is 5.60 Å². The number of likely N-dealkylation sites (N-methyl/N-ethyl adjacent to an activating group) is 1. The van der Waals surface area contributed by atoms with E-state index in [9.17, 15) is 9.90 Å². The highest BCUT2D eigenvalue weighted by atomic mass is 32.1. The number of fused-ring (bicyclic) bond motifs is 1. The number of aryl methyl sites for hydroxylation is 1. The molecule has 0 saturated carbocycles. The Morgan fingerprint density at radius 1 is 1.20 bits per heavy atom. The Labute approximate surface area is 209 Å². The van der Waals surface area contributed by atoms with Crippen molar-refractivity contribution in [2.75, 3.05) is 26.7 Å². The predicted octanol–water partition coefficient (Wildman–Crippen LogP) is 5.00. The number of hydrogen-bond acceptors (Lipinski definition) is 6. The summed E-state index contributed by atoms with van der Waals surface area (Å²) in [7, 11) is 1.78. The van der Waals surface area contributed by atoms with Crippen molar-refractivity contribution in [1.29, 1.82) is 0 Å². The molecule has 0 bridgehead atoms. The number of aliphatic hydroxyl groups is 1. The van der Waals surface area contributed by atoms with E-state index >= 15 is 0 Å². The average molecular weight is 490 g/mol. The standard InChI is InChI=1S/C28H31N3O3S/c1-20-9-16-35-26(20)19-31-14-10-28(33,11-15-31)22-6-7-24-21(17-22)18-25(34-24)27(32)30(2)13-8-23-5-3-4-12-29-23/h3-7,9,12,16-18,33H,8,10-11,13-15,19H2,1-2H3. The summed E-state index contributed by atoms with van der Waals surface area (Å²) in [5, 5.41) is 14.4. The van der Waals surface area contributed by atoms with Crippen molar-refractivity contribution in [3.8, 4) is 0 Å². The predicted molar refractivity (Wildman–Crippen MR) is 139 cm³/mol. The molecule has 0 spiro atoms. The molecule has 4 aromatic rings. The van der Waals surface area contributed by atoms with E-state index in [0.29, 0.717) is 37.2 Å². The van der Waals surface area contributed by atoms with Gasteiger partial charge in [0.25, 0.3) is 5.91 Å². The van der Waals surface area contributed by atoms with Gasteiger partial charge >= 0.3 is 0 Å². The highest BCUT2D eigenvalue weighted by Gasteiger charge is 2.34. The average Bonchev–Trinajstić information content (AvgIpc) is 3.49. The van der Waals surface area contributed by atoms with E-state index in [2.05, 4.69) is 28.3 Å². The van der Waals surface area contributed by atoms with Crippen LogP contribution in [-0.4, -0.2) is 52.5 Å². The van der Waals surface area contributed by atoms with Crippen LogP contribution < -0.4 is 0 Å². The number of amides is 1. The zero-order valence-electron chi connectivity index (χ0n) is 20.2. The number of benzene rings is 1. The second-order valence-electron chi connectivity index (χ2n) is 9.50. The molecule has 0 atom stereocenters. The van der Waals surface area contributed by atoms with E-state index in [0.717, 1.165) is 36.3 Å². The van der Waals surface area contributed by atoms with Crippen LogP contribution in [0.25, 0.3) is 11.0 Å². The molecular weight excluding hydrogens is 458 g/mol. The number of furan rings is 1. The number of rotatable bonds is 7. The maximum absolute atomic E-state index is 12.9. The Kier molecular flexibility index (Phi) is 6.73. The van der Waals surface area contributed by atoms with Gasteiger partial charge in [-0.1, -0.05) is 12.1 Å². The molecule has 1 amide bonds. The molecule has 1 saturated heterocycles. The normalized spacial score (nSPS) is 16.0. The van der Waals surface area contributed by atoms with Gasteiger partial charge in [-0.05, 0) is 72.7 Å². The molecule has 1 aliphatic heterocycles. The monoisotopic (exact) mass is 489 g/mol. The number of piperidine rings is 1. The van der Waals surface area contributed by atoms with Crippen LogP contribution in [-0.2, 0) is 18.6 Å². The van der Waals surface area contributed by atoms with Gasteiger partial charge in [0, 0.05) is 61.8 Å². The van der Waals surface area contributed by atoms with Gasteiger partial charge in [0.1, 0.15) is 5.58 Å². The largest absolute Gasteiger partial charge is 0.451 e. The van der Waals surface area contributed by atoms with Crippen LogP contribution in [0.4, 0.5) is 0 Å². The highest BCUT2D eigenvalue weighted by molar-refractivity contribution is 7.10. The number of carbonyl (C=O) groups excluding carboxylic acids is 1. The van der Waals surface area contributed by atoms with Crippen molar-refractivity contribution in [2.45, 2.75) is 38.3 Å². The molecule has 6 nitrogen and oxygen atoms in total. The smallest absolute Gasteiger partial charge is 0.289 e. The third-order valence-electron chi connectivity index (χ3n) is 7.06. The molecule has 3 aromatic heterocycles. The fourth-order valence-corrected chi connectivity index (χ4v) is 5.64. The van der Waals surface area contributed by atoms with Gasteiger partial charge in [-0.2, -0.15) is 0 Å². The van der Waals surface area contributed by atoms with Crippen molar-refractivity contribution in [1.82, 2.24) is 14.8 Å². The number of nitrogens with zero attached hydrogens (tertiary/aromatic N) is 3. The molecule has 182 valence electrons. The summed E-state index contributed by atoms with van der Waals surface area (Å²) in [5.74, 6) is 0.156. The SMILES string of the molecule is Cc1ccsc1CN1CCC(O)(c2ccc3oc(C(=O)N(C)CCc4ccccn4)cc3c2)CC1. The van der Waals surface area contributed by atoms with Crippen molar-refractivity contribution >= 4 is 28.2 Å². The summed E-state index contributed by atoms with van der Waals surface area (Å²) in [6, 6.07) is 15.5. The summed E-state index contributed by atoms with van der Waals surface area (Å²) >= 11 is 1.80. The Balaban J connectivity index is 1.24. The topological polar surface area (TPSA) is 69.8 Å². The van der Waals surface area contributed by atoms with E-state index in [1.807, 2.05) is 36.4 Å². The molecule has 4 heterocycles. The van der Waals surface area contributed by atoms with Crippen LogP contribution >= 0.6 is 11.3 Å². The molecular formula is C28H31N3O3S. The Bertz CT molecular complexity index is 1310. The zero-order valence-corrected chi connectivity index (χ0v) is 21.1. The summed E-state index contributed by atoms with van der Waals surface area (Å²) in [4.78, 5) is 22.7. The Morgan fingerprint density at radius 3 is 2.74 bits per heavy atom. The Morgan fingerprint density at radius 2 is 2.03 bits per heavy atom. The first-order chi connectivity index (χ1) is 16.9. The molecule has 0 aliphatic carbocycles. The molecule has 1 N–H and O–H groups in total. The lowest BCUT2D eigenvalue weighted by molar-refractivity contribution is -0.0274. The van der Waals surface area contributed by atoms with Gasteiger partial charge in [-0.15, -0.1) is 11.3 Å². The third-order valence-corrected chi connectivity index (χ3v) is 8.07. The number of aromatic nitrogens is 1. The first kappa shape index (κ1) is 23.7. The second-order valence-corrected chi connectivity index (χ2v) is 10.5. The van der Waals surface area contributed by atoms with Crippen LogP contribution in [0.2, 0.25) is 0 Å². The van der Waals surface area contributed by atoms with Gasteiger partial charge in [-0.25, -0.2) is 0 Å².